The second kappa shape index (κ2) is 5.38. The van der Waals surface area contributed by atoms with Crippen LogP contribution in [0.5, 0.6) is 0 Å². The highest BCUT2D eigenvalue weighted by Gasteiger charge is 2.30. The van der Waals surface area contributed by atoms with Gasteiger partial charge in [0.05, 0.1) is 18.3 Å². The number of aromatic nitrogens is 2. The number of halogens is 3. The molecule has 1 heterocycles. The minimum absolute atomic E-state index is 0.00999. The summed E-state index contributed by atoms with van der Waals surface area (Å²) >= 11 is 0. The van der Waals surface area contributed by atoms with Crippen molar-refractivity contribution in [3.63, 3.8) is 0 Å². The molecule has 1 unspecified atom stereocenters. The predicted molar refractivity (Wildman–Crippen MR) is 57.1 cm³/mol. The molecule has 0 radical (unpaired) electrons. The van der Waals surface area contributed by atoms with Crippen LogP contribution in [0.4, 0.5) is 13.2 Å². The van der Waals surface area contributed by atoms with Crippen molar-refractivity contribution in [3.8, 4) is 0 Å². The lowest BCUT2D eigenvalue weighted by Gasteiger charge is -2.16. The normalized spacial score (nSPS) is 13.6. The summed E-state index contributed by atoms with van der Waals surface area (Å²) in [6.07, 6.45) is -4.03. The summed E-state index contributed by atoms with van der Waals surface area (Å²) in [6, 6.07) is -0.790. The SMILES string of the molecule is CC(CC(F)(F)F)NCc1c(C(=O)O)cnn1C. The lowest BCUT2D eigenvalue weighted by Crippen LogP contribution is -2.31. The van der Waals surface area contributed by atoms with E-state index in [-0.39, 0.29) is 12.1 Å². The van der Waals surface area contributed by atoms with Crippen LogP contribution in [0.25, 0.3) is 0 Å². The standard InChI is InChI=1S/C10H14F3N3O2/c1-6(3-10(11,12)13)14-5-8-7(9(17)18)4-15-16(8)2/h4,6,14H,3,5H2,1-2H3,(H,17,18). The van der Waals surface area contributed by atoms with Crippen molar-refractivity contribution in [2.45, 2.75) is 32.1 Å². The van der Waals surface area contributed by atoms with Crippen LogP contribution in [0.2, 0.25) is 0 Å². The molecular formula is C10H14F3N3O2. The van der Waals surface area contributed by atoms with Crippen molar-refractivity contribution in [1.29, 1.82) is 0 Å². The fourth-order valence-electron chi connectivity index (χ4n) is 1.54. The molecule has 5 nitrogen and oxygen atoms in total. The summed E-state index contributed by atoms with van der Waals surface area (Å²) in [5, 5.41) is 15.3. The highest BCUT2D eigenvalue weighted by Crippen LogP contribution is 2.21. The minimum Gasteiger partial charge on any atom is -0.478 e. The van der Waals surface area contributed by atoms with Crippen molar-refractivity contribution >= 4 is 5.97 Å². The van der Waals surface area contributed by atoms with Crippen molar-refractivity contribution in [1.82, 2.24) is 15.1 Å². The molecule has 0 saturated carbocycles. The van der Waals surface area contributed by atoms with E-state index in [9.17, 15) is 18.0 Å². The lowest BCUT2D eigenvalue weighted by molar-refractivity contribution is -0.139. The number of nitrogens with zero attached hydrogens (tertiary/aromatic N) is 2. The fraction of sp³-hybridized carbons (Fsp3) is 0.600. The molecule has 1 atom stereocenters. The van der Waals surface area contributed by atoms with Crippen LogP contribution >= 0.6 is 0 Å². The van der Waals surface area contributed by atoms with Crippen molar-refractivity contribution in [2.75, 3.05) is 0 Å². The van der Waals surface area contributed by atoms with Crippen molar-refractivity contribution in [2.24, 2.45) is 7.05 Å². The van der Waals surface area contributed by atoms with Crippen molar-refractivity contribution in [3.05, 3.63) is 17.5 Å². The average Bonchev–Trinajstić information content (AvgIpc) is 2.54. The molecule has 8 heteroatoms. The monoisotopic (exact) mass is 265 g/mol. The second-order valence-corrected chi connectivity index (χ2v) is 4.03. The van der Waals surface area contributed by atoms with Gasteiger partial charge < -0.3 is 10.4 Å². The molecule has 1 aromatic heterocycles. The first kappa shape index (κ1) is 14.5. The molecule has 0 bridgehead atoms. The van der Waals surface area contributed by atoms with E-state index in [0.717, 1.165) is 0 Å². The first-order valence-corrected chi connectivity index (χ1v) is 5.25. The van der Waals surface area contributed by atoms with Gasteiger partial charge in [0.2, 0.25) is 0 Å². The predicted octanol–water partition coefficient (Wildman–Crippen LogP) is 1.55. The van der Waals surface area contributed by atoms with Gasteiger partial charge in [-0.15, -0.1) is 0 Å². The molecule has 102 valence electrons. The number of aryl methyl sites for hydroxylation is 1. The van der Waals surface area contributed by atoms with E-state index in [4.69, 9.17) is 5.11 Å². The Balaban J connectivity index is 2.63. The Hall–Kier alpha value is -1.57. The number of hydrogen-bond donors (Lipinski definition) is 2. The molecule has 2 N–H and O–H groups in total. The Morgan fingerprint density at radius 3 is 2.72 bits per heavy atom. The van der Waals surface area contributed by atoms with E-state index in [0.29, 0.717) is 5.69 Å². The van der Waals surface area contributed by atoms with Gasteiger partial charge in [0, 0.05) is 19.6 Å². The van der Waals surface area contributed by atoms with Gasteiger partial charge in [-0.25, -0.2) is 4.79 Å². The second-order valence-electron chi connectivity index (χ2n) is 4.03. The highest BCUT2D eigenvalue weighted by atomic mass is 19.4. The van der Waals surface area contributed by atoms with Crippen LogP contribution in [0.3, 0.4) is 0 Å². The van der Waals surface area contributed by atoms with E-state index in [1.54, 1.807) is 0 Å². The molecule has 18 heavy (non-hydrogen) atoms. The first-order chi connectivity index (χ1) is 8.20. The number of carboxylic acids is 1. The van der Waals surface area contributed by atoms with Crippen LogP contribution in [0.1, 0.15) is 29.4 Å². The minimum atomic E-state index is -4.24. The summed E-state index contributed by atoms with van der Waals surface area (Å²) < 4.78 is 37.7. The maximum Gasteiger partial charge on any atom is 0.390 e. The summed E-state index contributed by atoms with van der Waals surface area (Å²) in [7, 11) is 1.54. The molecule has 0 spiro atoms. The third-order valence-corrected chi connectivity index (χ3v) is 2.45. The zero-order valence-corrected chi connectivity index (χ0v) is 9.95. The van der Waals surface area contributed by atoms with Gasteiger partial charge in [-0.2, -0.15) is 18.3 Å². The summed E-state index contributed by atoms with van der Waals surface area (Å²) in [4.78, 5) is 10.8. The molecule has 0 aliphatic carbocycles. The molecule has 0 amide bonds. The maximum absolute atomic E-state index is 12.1. The summed E-state index contributed by atoms with van der Waals surface area (Å²) in [5.41, 5.74) is 0.334. The zero-order chi connectivity index (χ0) is 13.9. The smallest absolute Gasteiger partial charge is 0.390 e. The summed E-state index contributed by atoms with van der Waals surface area (Å²) in [5.74, 6) is -1.15. The van der Waals surface area contributed by atoms with Gasteiger partial charge in [0.1, 0.15) is 5.56 Å². The van der Waals surface area contributed by atoms with Crippen LogP contribution < -0.4 is 5.32 Å². The molecule has 0 fully saturated rings. The number of hydrogen-bond acceptors (Lipinski definition) is 3. The molecule has 0 saturated heterocycles. The van der Waals surface area contributed by atoms with Gasteiger partial charge in [0.15, 0.2) is 0 Å². The largest absolute Gasteiger partial charge is 0.478 e. The number of nitrogens with one attached hydrogen (secondary N) is 1. The number of rotatable bonds is 5. The Morgan fingerprint density at radius 1 is 1.61 bits per heavy atom. The molecule has 0 aromatic carbocycles. The van der Waals surface area contributed by atoms with Crippen LogP contribution in [-0.2, 0) is 13.6 Å². The molecule has 1 aromatic rings. The molecular weight excluding hydrogens is 251 g/mol. The van der Waals surface area contributed by atoms with E-state index in [2.05, 4.69) is 10.4 Å². The van der Waals surface area contributed by atoms with Gasteiger partial charge >= 0.3 is 12.1 Å². The molecule has 0 aliphatic rings. The Bertz CT molecular complexity index is 428. The van der Waals surface area contributed by atoms with Gasteiger partial charge in [-0.05, 0) is 6.92 Å². The van der Waals surface area contributed by atoms with Crippen LogP contribution in [0, 0.1) is 0 Å². The number of alkyl halides is 3. The Kier molecular flexibility index (Phi) is 4.33. The highest BCUT2D eigenvalue weighted by molar-refractivity contribution is 5.88. The number of aromatic carboxylic acids is 1. The molecule has 1 rings (SSSR count). The topological polar surface area (TPSA) is 67.2 Å². The zero-order valence-electron chi connectivity index (χ0n) is 9.95. The Morgan fingerprint density at radius 2 is 2.22 bits per heavy atom. The van der Waals surface area contributed by atoms with Gasteiger partial charge in [0.25, 0.3) is 0 Å². The van der Waals surface area contributed by atoms with Gasteiger partial charge in [-0.1, -0.05) is 0 Å². The third kappa shape index (κ3) is 4.02. The van der Waals surface area contributed by atoms with Gasteiger partial charge in [-0.3, -0.25) is 4.68 Å². The first-order valence-electron chi connectivity index (χ1n) is 5.25. The van der Waals surface area contributed by atoms with Crippen molar-refractivity contribution < 1.29 is 23.1 Å². The summed E-state index contributed by atoms with van der Waals surface area (Å²) in [6.45, 7) is 1.42. The molecule has 0 aliphatic heterocycles. The quantitative estimate of drug-likeness (QED) is 0.847. The average molecular weight is 265 g/mol. The van der Waals surface area contributed by atoms with E-state index in [1.165, 1.54) is 24.9 Å². The van der Waals surface area contributed by atoms with E-state index >= 15 is 0 Å². The maximum atomic E-state index is 12.1. The number of carboxylic acid groups (broad SMARTS) is 1. The van der Waals surface area contributed by atoms with E-state index in [1.807, 2.05) is 0 Å². The van der Waals surface area contributed by atoms with E-state index < -0.39 is 24.6 Å². The Labute approximate surface area is 102 Å². The third-order valence-electron chi connectivity index (χ3n) is 2.45. The number of carbonyl (C=O) groups is 1. The fourth-order valence-corrected chi connectivity index (χ4v) is 1.54. The van der Waals surface area contributed by atoms with Crippen LogP contribution in [-0.4, -0.2) is 33.1 Å². The van der Waals surface area contributed by atoms with Crippen LogP contribution in [0.15, 0.2) is 6.20 Å². The lowest BCUT2D eigenvalue weighted by atomic mass is 10.2.